The number of sulfonamides is 1. The highest BCUT2D eigenvalue weighted by atomic mass is 32.2. The highest BCUT2D eigenvalue weighted by Gasteiger charge is 2.30. The molecule has 1 aromatic carbocycles. The van der Waals surface area contributed by atoms with Crippen LogP contribution in [0.5, 0.6) is 0 Å². The Bertz CT molecular complexity index is 569. The third-order valence-corrected chi connectivity index (χ3v) is 5.90. The van der Waals surface area contributed by atoms with Gasteiger partial charge in [-0.05, 0) is 51.1 Å². The topological polar surface area (TPSA) is 40.6 Å². The van der Waals surface area contributed by atoms with E-state index in [4.69, 9.17) is 0 Å². The van der Waals surface area contributed by atoms with Crippen molar-refractivity contribution >= 4 is 10.0 Å². The van der Waals surface area contributed by atoms with Crippen molar-refractivity contribution in [2.75, 3.05) is 26.7 Å². The molecule has 1 aromatic rings. The van der Waals surface area contributed by atoms with Crippen molar-refractivity contribution in [1.29, 1.82) is 0 Å². The Kier molecular flexibility index (Phi) is 3.99. The van der Waals surface area contributed by atoms with Gasteiger partial charge in [0.25, 0.3) is 0 Å². The van der Waals surface area contributed by atoms with E-state index in [0.717, 1.165) is 17.7 Å². The maximum absolute atomic E-state index is 12.6. The van der Waals surface area contributed by atoms with Crippen molar-refractivity contribution in [3.63, 3.8) is 0 Å². The van der Waals surface area contributed by atoms with E-state index in [1.165, 1.54) is 0 Å². The van der Waals surface area contributed by atoms with Crippen molar-refractivity contribution in [2.45, 2.75) is 31.7 Å². The lowest BCUT2D eigenvalue weighted by Crippen LogP contribution is -2.51. The zero-order chi connectivity index (χ0) is 14.2. The van der Waals surface area contributed by atoms with Gasteiger partial charge in [-0.3, -0.25) is 0 Å². The van der Waals surface area contributed by atoms with E-state index in [9.17, 15) is 8.42 Å². The summed E-state index contributed by atoms with van der Waals surface area (Å²) in [5.41, 5.74) is 2.13. The second kappa shape index (κ2) is 5.23. The molecule has 1 aliphatic heterocycles. The summed E-state index contributed by atoms with van der Waals surface area (Å²) in [5.74, 6) is 0. The molecule has 0 amide bonds. The highest BCUT2D eigenvalue weighted by Crippen LogP contribution is 2.21. The van der Waals surface area contributed by atoms with E-state index in [2.05, 4.69) is 11.8 Å². The summed E-state index contributed by atoms with van der Waals surface area (Å²) in [4.78, 5) is 2.60. The molecule has 5 heteroatoms. The van der Waals surface area contributed by atoms with Gasteiger partial charge >= 0.3 is 0 Å². The summed E-state index contributed by atoms with van der Waals surface area (Å²) in [7, 11) is -1.32. The minimum atomic E-state index is -3.35. The number of nitrogens with zero attached hydrogens (tertiary/aromatic N) is 2. The van der Waals surface area contributed by atoms with Crippen molar-refractivity contribution in [3.05, 3.63) is 29.3 Å². The Hall–Kier alpha value is -0.910. The van der Waals surface area contributed by atoms with Crippen LogP contribution in [0, 0.1) is 13.8 Å². The molecule has 0 aliphatic carbocycles. The molecule has 0 aromatic heterocycles. The summed E-state index contributed by atoms with van der Waals surface area (Å²) in [6, 6.07) is 5.62. The molecule has 0 radical (unpaired) electrons. The SMILES string of the molecule is Cc1ccc(S(=O)(=O)N2CCN(C)C(C)C2)cc1C. The predicted octanol–water partition coefficient (Wildman–Crippen LogP) is 1.63. The Balaban J connectivity index is 2.29. The van der Waals surface area contributed by atoms with Crippen LogP contribution in [-0.2, 0) is 10.0 Å². The highest BCUT2D eigenvalue weighted by molar-refractivity contribution is 7.89. The molecule has 0 saturated carbocycles. The lowest BCUT2D eigenvalue weighted by molar-refractivity contribution is 0.159. The van der Waals surface area contributed by atoms with Gasteiger partial charge in [0.05, 0.1) is 4.90 Å². The summed E-state index contributed by atoms with van der Waals surface area (Å²) in [5, 5.41) is 0. The van der Waals surface area contributed by atoms with Gasteiger partial charge in [0, 0.05) is 25.7 Å². The van der Waals surface area contributed by atoms with Crippen molar-refractivity contribution in [2.24, 2.45) is 0 Å². The first-order valence-electron chi connectivity index (χ1n) is 6.60. The van der Waals surface area contributed by atoms with Gasteiger partial charge in [0.2, 0.25) is 10.0 Å². The fourth-order valence-electron chi connectivity index (χ4n) is 2.26. The molecule has 106 valence electrons. The number of hydrogen-bond donors (Lipinski definition) is 0. The standard InChI is InChI=1S/C14H22N2O2S/c1-11-5-6-14(9-12(11)2)19(17,18)16-8-7-15(4)13(3)10-16/h5-6,9,13H,7-8,10H2,1-4H3. The first-order valence-corrected chi connectivity index (χ1v) is 8.04. The minimum Gasteiger partial charge on any atom is -0.301 e. The molecule has 19 heavy (non-hydrogen) atoms. The molecular formula is C14H22N2O2S. The number of hydrogen-bond acceptors (Lipinski definition) is 3. The van der Waals surface area contributed by atoms with E-state index in [1.54, 1.807) is 16.4 Å². The number of benzene rings is 1. The smallest absolute Gasteiger partial charge is 0.243 e. The van der Waals surface area contributed by atoms with Crippen LogP contribution in [0.15, 0.2) is 23.1 Å². The Morgan fingerprint density at radius 3 is 2.42 bits per heavy atom. The number of likely N-dealkylation sites (N-methyl/N-ethyl adjacent to an activating group) is 1. The fraction of sp³-hybridized carbons (Fsp3) is 0.571. The lowest BCUT2D eigenvalue weighted by Gasteiger charge is -2.36. The normalized spacial score (nSPS) is 22.6. The second-order valence-electron chi connectivity index (χ2n) is 5.44. The van der Waals surface area contributed by atoms with Crippen LogP contribution in [0.25, 0.3) is 0 Å². The molecular weight excluding hydrogens is 260 g/mol. The molecule has 1 fully saturated rings. The average Bonchev–Trinajstić information content (AvgIpc) is 2.35. The molecule has 0 spiro atoms. The summed E-state index contributed by atoms with van der Waals surface area (Å²) >= 11 is 0. The first kappa shape index (κ1) is 14.5. The number of piperazine rings is 1. The van der Waals surface area contributed by atoms with E-state index < -0.39 is 10.0 Å². The maximum Gasteiger partial charge on any atom is 0.243 e. The molecule has 4 nitrogen and oxygen atoms in total. The van der Waals surface area contributed by atoms with E-state index >= 15 is 0 Å². The lowest BCUT2D eigenvalue weighted by atomic mass is 10.1. The van der Waals surface area contributed by atoms with Crippen LogP contribution in [0.3, 0.4) is 0 Å². The van der Waals surface area contributed by atoms with Crippen molar-refractivity contribution < 1.29 is 8.42 Å². The third kappa shape index (κ3) is 2.83. The Morgan fingerprint density at radius 2 is 1.84 bits per heavy atom. The third-order valence-electron chi connectivity index (χ3n) is 4.04. The molecule has 1 heterocycles. The van der Waals surface area contributed by atoms with E-state index in [0.29, 0.717) is 18.0 Å². The summed E-state index contributed by atoms with van der Waals surface area (Å²) in [6.45, 7) is 7.90. The molecule has 1 atom stereocenters. The average molecular weight is 282 g/mol. The summed E-state index contributed by atoms with van der Waals surface area (Å²) in [6.07, 6.45) is 0. The predicted molar refractivity (Wildman–Crippen MR) is 76.8 cm³/mol. The minimum absolute atomic E-state index is 0.259. The zero-order valence-corrected chi connectivity index (χ0v) is 12.9. The van der Waals surface area contributed by atoms with Gasteiger partial charge in [0.1, 0.15) is 0 Å². The monoisotopic (exact) mass is 282 g/mol. The molecule has 1 unspecified atom stereocenters. The van der Waals surface area contributed by atoms with Crippen LogP contribution in [0.1, 0.15) is 18.1 Å². The summed E-state index contributed by atoms with van der Waals surface area (Å²) < 4.78 is 26.8. The largest absolute Gasteiger partial charge is 0.301 e. The van der Waals surface area contributed by atoms with Crippen LogP contribution in [-0.4, -0.2) is 50.3 Å². The quantitative estimate of drug-likeness (QED) is 0.828. The number of aryl methyl sites for hydroxylation is 2. The van der Waals surface area contributed by atoms with Crippen LogP contribution in [0.2, 0.25) is 0 Å². The van der Waals surface area contributed by atoms with E-state index in [-0.39, 0.29) is 6.04 Å². The number of rotatable bonds is 2. The van der Waals surface area contributed by atoms with Crippen LogP contribution < -0.4 is 0 Å². The van der Waals surface area contributed by atoms with Gasteiger partial charge in [-0.1, -0.05) is 6.07 Å². The van der Waals surface area contributed by atoms with Gasteiger partial charge in [-0.2, -0.15) is 4.31 Å². The molecule has 0 N–H and O–H groups in total. The van der Waals surface area contributed by atoms with Crippen molar-refractivity contribution in [1.82, 2.24) is 9.21 Å². The zero-order valence-electron chi connectivity index (χ0n) is 12.0. The van der Waals surface area contributed by atoms with Crippen LogP contribution >= 0.6 is 0 Å². The van der Waals surface area contributed by atoms with Gasteiger partial charge in [-0.25, -0.2) is 8.42 Å². The van der Waals surface area contributed by atoms with Crippen molar-refractivity contribution in [3.8, 4) is 0 Å². The molecule has 1 aliphatic rings. The maximum atomic E-state index is 12.6. The molecule has 0 bridgehead atoms. The van der Waals surface area contributed by atoms with Gasteiger partial charge < -0.3 is 4.90 Å². The fourth-order valence-corrected chi connectivity index (χ4v) is 3.85. The van der Waals surface area contributed by atoms with Crippen LogP contribution in [0.4, 0.5) is 0 Å². The van der Waals surface area contributed by atoms with Gasteiger partial charge in [0.15, 0.2) is 0 Å². The Labute approximate surface area is 116 Å². The second-order valence-corrected chi connectivity index (χ2v) is 7.38. The molecule has 1 saturated heterocycles. The Morgan fingerprint density at radius 1 is 1.16 bits per heavy atom. The first-order chi connectivity index (χ1) is 8.82. The van der Waals surface area contributed by atoms with E-state index in [1.807, 2.05) is 27.0 Å². The van der Waals surface area contributed by atoms with Gasteiger partial charge in [-0.15, -0.1) is 0 Å². The molecule has 2 rings (SSSR count).